The van der Waals surface area contributed by atoms with E-state index in [4.69, 9.17) is 0 Å². The SMILES string of the molecule is CCCCC(C)(O)C1(C)CC1. The molecule has 1 rings (SSSR count). The molecular weight excluding hydrogens is 136 g/mol. The van der Waals surface area contributed by atoms with Crippen molar-refractivity contribution in [3.05, 3.63) is 0 Å². The molecule has 0 heterocycles. The van der Waals surface area contributed by atoms with Crippen LogP contribution in [0.4, 0.5) is 0 Å². The summed E-state index contributed by atoms with van der Waals surface area (Å²) in [5.41, 5.74) is -0.148. The van der Waals surface area contributed by atoms with E-state index in [0.717, 1.165) is 12.8 Å². The van der Waals surface area contributed by atoms with E-state index in [9.17, 15) is 5.11 Å². The van der Waals surface area contributed by atoms with E-state index >= 15 is 0 Å². The Labute approximate surface area is 69.8 Å². The minimum absolute atomic E-state index is 0.252. The van der Waals surface area contributed by atoms with Gasteiger partial charge in [-0.3, -0.25) is 0 Å². The summed E-state index contributed by atoms with van der Waals surface area (Å²) in [4.78, 5) is 0. The van der Waals surface area contributed by atoms with Crippen LogP contribution in [0.1, 0.15) is 52.9 Å². The van der Waals surface area contributed by atoms with Gasteiger partial charge in [0.2, 0.25) is 0 Å². The number of aliphatic hydroxyl groups is 1. The van der Waals surface area contributed by atoms with Crippen molar-refractivity contribution < 1.29 is 5.11 Å². The van der Waals surface area contributed by atoms with Gasteiger partial charge < -0.3 is 5.11 Å². The second-order valence-electron chi connectivity index (χ2n) is 4.44. The first-order chi connectivity index (χ1) is 5.02. The fourth-order valence-corrected chi connectivity index (χ4v) is 1.55. The molecule has 1 heteroatoms. The van der Waals surface area contributed by atoms with Crippen LogP contribution in [-0.2, 0) is 0 Å². The number of hydrogen-bond acceptors (Lipinski definition) is 1. The minimum Gasteiger partial charge on any atom is -0.390 e. The molecule has 0 saturated heterocycles. The van der Waals surface area contributed by atoms with Gasteiger partial charge in [-0.15, -0.1) is 0 Å². The van der Waals surface area contributed by atoms with Gasteiger partial charge in [0.15, 0.2) is 0 Å². The van der Waals surface area contributed by atoms with E-state index in [1.54, 1.807) is 0 Å². The molecule has 0 aromatic rings. The third-order valence-electron chi connectivity index (χ3n) is 3.32. The summed E-state index contributed by atoms with van der Waals surface area (Å²) < 4.78 is 0. The Balaban J connectivity index is 2.39. The molecule has 1 aliphatic rings. The van der Waals surface area contributed by atoms with E-state index in [1.807, 2.05) is 6.92 Å². The first-order valence-electron chi connectivity index (χ1n) is 4.74. The Morgan fingerprint density at radius 1 is 1.45 bits per heavy atom. The normalized spacial score (nSPS) is 26.2. The highest BCUT2D eigenvalue weighted by molar-refractivity contribution is 5.02. The molecule has 0 aromatic heterocycles. The van der Waals surface area contributed by atoms with E-state index in [0.29, 0.717) is 0 Å². The highest BCUT2D eigenvalue weighted by Gasteiger charge is 2.51. The Bertz CT molecular complexity index is 134. The average molecular weight is 156 g/mol. The predicted octanol–water partition coefficient (Wildman–Crippen LogP) is 2.73. The minimum atomic E-state index is -0.400. The van der Waals surface area contributed by atoms with Gasteiger partial charge >= 0.3 is 0 Å². The van der Waals surface area contributed by atoms with Crippen LogP contribution in [0.25, 0.3) is 0 Å². The molecule has 1 aliphatic carbocycles. The van der Waals surface area contributed by atoms with Gasteiger partial charge in [0.1, 0.15) is 0 Å². The third-order valence-corrected chi connectivity index (χ3v) is 3.32. The van der Waals surface area contributed by atoms with Crippen molar-refractivity contribution in [1.29, 1.82) is 0 Å². The highest BCUT2D eigenvalue weighted by atomic mass is 16.3. The predicted molar refractivity (Wildman–Crippen MR) is 47.5 cm³/mol. The van der Waals surface area contributed by atoms with Crippen LogP contribution in [0.2, 0.25) is 0 Å². The number of unbranched alkanes of at least 4 members (excludes halogenated alkanes) is 1. The second-order valence-corrected chi connectivity index (χ2v) is 4.44. The molecule has 0 bridgehead atoms. The van der Waals surface area contributed by atoms with Crippen molar-refractivity contribution >= 4 is 0 Å². The molecule has 0 aliphatic heterocycles. The maximum Gasteiger partial charge on any atom is 0.0673 e. The fraction of sp³-hybridized carbons (Fsp3) is 1.00. The van der Waals surface area contributed by atoms with Gasteiger partial charge in [0, 0.05) is 0 Å². The lowest BCUT2D eigenvalue weighted by atomic mass is 9.83. The lowest BCUT2D eigenvalue weighted by Gasteiger charge is -2.30. The highest BCUT2D eigenvalue weighted by Crippen LogP contribution is 2.55. The van der Waals surface area contributed by atoms with Crippen molar-refractivity contribution in [2.45, 2.75) is 58.5 Å². The zero-order valence-electron chi connectivity index (χ0n) is 7.98. The van der Waals surface area contributed by atoms with Gasteiger partial charge in [0.25, 0.3) is 0 Å². The Morgan fingerprint density at radius 3 is 2.36 bits per heavy atom. The van der Waals surface area contributed by atoms with Crippen molar-refractivity contribution in [3.63, 3.8) is 0 Å². The van der Waals surface area contributed by atoms with E-state index < -0.39 is 5.60 Å². The first kappa shape index (κ1) is 9.05. The summed E-state index contributed by atoms with van der Waals surface area (Å²) in [5.74, 6) is 0. The van der Waals surface area contributed by atoms with Crippen LogP contribution < -0.4 is 0 Å². The summed E-state index contributed by atoms with van der Waals surface area (Å²) in [6.45, 7) is 6.36. The summed E-state index contributed by atoms with van der Waals surface area (Å²) in [7, 11) is 0. The first-order valence-corrected chi connectivity index (χ1v) is 4.74. The summed E-state index contributed by atoms with van der Waals surface area (Å²) in [5, 5.41) is 10.0. The van der Waals surface area contributed by atoms with Crippen molar-refractivity contribution in [1.82, 2.24) is 0 Å². The third kappa shape index (κ3) is 1.76. The Hall–Kier alpha value is -0.0400. The van der Waals surface area contributed by atoms with Crippen molar-refractivity contribution in [2.24, 2.45) is 5.41 Å². The molecule has 1 fully saturated rings. The van der Waals surface area contributed by atoms with E-state index in [1.165, 1.54) is 19.3 Å². The van der Waals surface area contributed by atoms with Crippen LogP contribution in [0.3, 0.4) is 0 Å². The average Bonchev–Trinajstić information content (AvgIpc) is 2.65. The summed E-state index contributed by atoms with van der Waals surface area (Å²) in [6.07, 6.45) is 5.74. The molecule has 1 unspecified atom stereocenters. The molecular formula is C10H20O. The maximum atomic E-state index is 10.0. The van der Waals surface area contributed by atoms with E-state index in [2.05, 4.69) is 13.8 Å². The number of rotatable bonds is 4. The molecule has 0 spiro atoms. The standard InChI is InChI=1S/C10H20O/c1-4-5-6-10(3,11)9(2)7-8-9/h11H,4-8H2,1-3H3. The van der Waals surface area contributed by atoms with Crippen LogP contribution in [0.15, 0.2) is 0 Å². The fourth-order valence-electron chi connectivity index (χ4n) is 1.55. The molecule has 1 saturated carbocycles. The molecule has 1 atom stereocenters. The zero-order valence-corrected chi connectivity index (χ0v) is 7.98. The molecule has 66 valence electrons. The topological polar surface area (TPSA) is 20.2 Å². The van der Waals surface area contributed by atoms with Crippen molar-refractivity contribution in [2.75, 3.05) is 0 Å². The van der Waals surface area contributed by atoms with Crippen molar-refractivity contribution in [3.8, 4) is 0 Å². The number of hydrogen-bond donors (Lipinski definition) is 1. The largest absolute Gasteiger partial charge is 0.390 e. The molecule has 11 heavy (non-hydrogen) atoms. The molecule has 0 aromatic carbocycles. The summed E-state index contributed by atoms with van der Waals surface area (Å²) >= 11 is 0. The zero-order chi connectivity index (χ0) is 8.54. The van der Waals surface area contributed by atoms with Crippen LogP contribution in [-0.4, -0.2) is 10.7 Å². The Kier molecular flexibility index (Phi) is 2.29. The molecule has 1 N–H and O–H groups in total. The van der Waals surface area contributed by atoms with Gasteiger partial charge in [-0.2, -0.15) is 0 Å². The van der Waals surface area contributed by atoms with Crippen LogP contribution in [0.5, 0.6) is 0 Å². The lowest BCUT2D eigenvalue weighted by Crippen LogP contribution is -2.34. The summed E-state index contributed by atoms with van der Waals surface area (Å²) in [6, 6.07) is 0. The molecule has 1 nitrogen and oxygen atoms in total. The monoisotopic (exact) mass is 156 g/mol. The van der Waals surface area contributed by atoms with Gasteiger partial charge in [-0.05, 0) is 31.6 Å². The molecule has 0 amide bonds. The van der Waals surface area contributed by atoms with Gasteiger partial charge in [-0.1, -0.05) is 26.7 Å². The quantitative estimate of drug-likeness (QED) is 0.663. The smallest absolute Gasteiger partial charge is 0.0673 e. The van der Waals surface area contributed by atoms with E-state index in [-0.39, 0.29) is 5.41 Å². The van der Waals surface area contributed by atoms with Gasteiger partial charge in [0.05, 0.1) is 5.60 Å². The second kappa shape index (κ2) is 2.78. The lowest BCUT2D eigenvalue weighted by molar-refractivity contribution is -0.0169. The van der Waals surface area contributed by atoms with Crippen LogP contribution >= 0.6 is 0 Å². The maximum absolute atomic E-state index is 10.0. The van der Waals surface area contributed by atoms with Gasteiger partial charge in [-0.25, -0.2) is 0 Å². The Morgan fingerprint density at radius 2 is 2.00 bits per heavy atom. The molecule has 0 radical (unpaired) electrons. The van der Waals surface area contributed by atoms with Crippen LogP contribution in [0, 0.1) is 5.41 Å².